The maximum absolute atomic E-state index is 11.8. The fourth-order valence-electron chi connectivity index (χ4n) is 2.10. The van der Waals surface area contributed by atoms with Gasteiger partial charge in [0.05, 0.1) is 5.69 Å². The number of benzene rings is 1. The van der Waals surface area contributed by atoms with E-state index in [9.17, 15) is 9.59 Å². The summed E-state index contributed by atoms with van der Waals surface area (Å²) in [6.07, 6.45) is 2.17. The van der Waals surface area contributed by atoms with E-state index in [4.69, 9.17) is 0 Å². The fourth-order valence-corrected chi connectivity index (χ4v) is 2.10. The van der Waals surface area contributed by atoms with Crippen LogP contribution in [0.5, 0.6) is 0 Å². The molecular weight excluding hydrogens is 218 g/mol. The van der Waals surface area contributed by atoms with Crippen LogP contribution in [0.3, 0.4) is 0 Å². The van der Waals surface area contributed by atoms with Crippen LogP contribution in [0.4, 0.5) is 10.5 Å². The van der Waals surface area contributed by atoms with Gasteiger partial charge in [0.25, 0.3) is 0 Å². The molecule has 0 spiro atoms. The molecule has 2 heterocycles. The molecule has 0 saturated carbocycles. The van der Waals surface area contributed by atoms with Crippen molar-refractivity contribution in [2.24, 2.45) is 0 Å². The molecule has 2 aromatic rings. The van der Waals surface area contributed by atoms with Crippen molar-refractivity contribution in [3.63, 3.8) is 0 Å². The van der Waals surface area contributed by atoms with E-state index in [1.807, 2.05) is 30.5 Å². The highest BCUT2D eigenvalue weighted by atomic mass is 16.2. The Morgan fingerprint density at radius 1 is 1.18 bits per heavy atom. The lowest BCUT2D eigenvalue weighted by Crippen LogP contribution is -2.49. The van der Waals surface area contributed by atoms with E-state index in [-0.39, 0.29) is 11.9 Å². The van der Waals surface area contributed by atoms with Crippen molar-refractivity contribution in [3.8, 4) is 0 Å². The maximum atomic E-state index is 11.8. The molecule has 5 heteroatoms. The molecule has 0 radical (unpaired) electrons. The van der Waals surface area contributed by atoms with E-state index >= 15 is 0 Å². The van der Waals surface area contributed by atoms with Crippen molar-refractivity contribution in [2.45, 2.75) is 6.42 Å². The van der Waals surface area contributed by atoms with E-state index in [2.05, 4.69) is 10.3 Å². The minimum atomic E-state index is -0.352. The molecule has 86 valence electrons. The number of anilines is 1. The van der Waals surface area contributed by atoms with Crippen molar-refractivity contribution >= 4 is 28.5 Å². The lowest BCUT2D eigenvalue weighted by Gasteiger charge is -2.27. The van der Waals surface area contributed by atoms with Gasteiger partial charge in [0, 0.05) is 30.1 Å². The van der Waals surface area contributed by atoms with Crippen LogP contribution in [0.2, 0.25) is 0 Å². The van der Waals surface area contributed by atoms with Gasteiger partial charge in [0.1, 0.15) is 0 Å². The first kappa shape index (κ1) is 9.89. The Bertz CT molecular complexity index is 603. The number of carbonyl (C=O) groups is 2. The zero-order valence-electron chi connectivity index (χ0n) is 9.06. The first-order valence-corrected chi connectivity index (χ1v) is 5.43. The number of fused-ring (bicyclic) bond motifs is 1. The molecule has 1 saturated heterocycles. The number of urea groups is 1. The average Bonchev–Trinajstić information content (AvgIpc) is 2.77. The number of hydrogen-bond acceptors (Lipinski definition) is 2. The number of nitrogens with one attached hydrogen (secondary N) is 2. The summed E-state index contributed by atoms with van der Waals surface area (Å²) in [5, 5.41) is 3.31. The standard InChI is InChI=1S/C12H11N3O2/c16-11-5-7-15(12(17)14-11)10-3-1-2-9-8(10)4-6-13-9/h1-4,6,13H,5,7H2,(H,14,16,17). The van der Waals surface area contributed by atoms with Crippen molar-refractivity contribution in [3.05, 3.63) is 30.5 Å². The minimum Gasteiger partial charge on any atom is -0.361 e. The van der Waals surface area contributed by atoms with E-state index < -0.39 is 0 Å². The number of H-pyrrole nitrogens is 1. The molecule has 0 atom stereocenters. The van der Waals surface area contributed by atoms with Crippen LogP contribution in [-0.4, -0.2) is 23.5 Å². The molecule has 1 aliphatic heterocycles. The van der Waals surface area contributed by atoms with Gasteiger partial charge in [-0.2, -0.15) is 0 Å². The van der Waals surface area contributed by atoms with Crippen LogP contribution < -0.4 is 10.2 Å². The van der Waals surface area contributed by atoms with E-state index in [1.54, 1.807) is 4.90 Å². The van der Waals surface area contributed by atoms with E-state index in [0.29, 0.717) is 13.0 Å². The second-order valence-electron chi connectivity index (χ2n) is 3.97. The summed E-state index contributed by atoms with van der Waals surface area (Å²) in [7, 11) is 0. The van der Waals surface area contributed by atoms with E-state index in [1.165, 1.54) is 0 Å². The quantitative estimate of drug-likeness (QED) is 0.780. The molecule has 3 rings (SSSR count). The number of carbonyl (C=O) groups excluding carboxylic acids is 2. The average molecular weight is 229 g/mol. The summed E-state index contributed by atoms with van der Waals surface area (Å²) >= 11 is 0. The normalized spacial score (nSPS) is 16.4. The molecule has 5 nitrogen and oxygen atoms in total. The third kappa shape index (κ3) is 1.56. The van der Waals surface area contributed by atoms with Gasteiger partial charge in [0.15, 0.2) is 0 Å². The highest BCUT2D eigenvalue weighted by Crippen LogP contribution is 2.27. The molecule has 0 unspecified atom stereocenters. The molecule has 2 N–H and O–H groups in total. The van der Waals surface area contributed by atoms with Gasteiger partial charge < -0.3 is 4.98 Å². The molecule has 3 amide bonds. The zero-order chi connectivity index (χ0) is 11.8. The topological polar surface area (TPSA) is 65.2 Å². The van der Waals surface area contributed by atoms with Gasteiger partial charge >= 0.3 is 6.03 Å². The van der Waals surface area contributed by atoms with Crippen LogP contribution in [0.25, 0.3) is 10.9 Å². The van der Waals surface area contributed by atoms with Crippen molar-refractivity contribution < 1.29 is 9.59 Å². The smallest absolute Gasteiger partial charge is 0.328 e. The molecule has 0 aliphatic carbocycles. The Labute approximate surface area is 97.4 Å². The predicted octanol–water partition coefficient (Wildman–Crippen LogP) is 1.61. The molecule has 1 aromatic carbocycles. The van der Waals surface area contributed by atoms with Gasteiger partial charge in [-0.1, -0.05) is 6.07 Å². The molecule has 1 aromatic heterocycles. The summed E-state index contributed by atoms with van der Waals surface area (Å²) < 4.78 is 0. The number of hydrogen-bond donors (Lipinski definition) is 2. The summed E-state index contributed by atoms with van der Waals surface area (Å²) in [6.45, 7) is 0.426. The van der Waals surface area contributed by atoms with Gasteiger partial charge in [0.2, 0.25) is 5.91 Å². The number of nitrogens with zero attached hydrogens (tertiary/aromatic N) is 1. The van der Waals surface area contributed by atoms with Crippen molar-refractivity contribution in [2.75, 3.05) is 11.4 Å². The number of imide groups is 1. The summed E-state index contributed by atoms with van der Waals surface area (Å²) in [5.74, 6) is -0.215. The van der Waals surface area contributed by atoms with Gasteiger partial charge in [-0.3, -0.25) is 15.0 Å². The van der Waals surface area contributed by atoms with Crippen molar-refractivity contribution in [1.82, 2.24) is 10.3 Å². The zero-order valence-corrected chi connectivity index (χ0v) is 9.06. The molecule has 17 heavy (non-hydrogen) atoms. The van der Waals surface area contributed by atoms with Gasteiger partial charge in [-0.25, -0.2) is 4.79 Å². The first-order chi connectivity index (χ1) is 8.25. The minimum absolute atomic E-state index is 0.215. The van der Waals surface area contributed by atoms with Crippen LogP contribution in [0.1, 0.15) is 6.42 Å². The number of amides is 3. The van der Waals surface area contributed by atoms with Crippen LogP contribution in [0.15, 0.2) is 30.5 Å². The maximum Gasteiger partial charge on any atom is 0.328 e. The molecular formula is C12H11N3O2. The Hall–Kier alpha value is -2.30. The highest BCUT2D eigenvalue weighted by molar-refractivity contribution is 6.09. The monoisotopic (exact) mass is 229 g/mol. The summed E-state index contributed by atoms with van der Waals surface area (Å²) in [5.41, 5.74) is 1.81. The SMILES string of the molecule is O=C1CCN(c2cccc3[nH]ccc23)C(=O)N1. The third-order valence-electron chi connectivity index (χ3n) is 2.92. The predicted molar refractivity (Wildman–Crippen MR) is 63.8 cm³/mol. The second kappa shape index (κ2) is 3.62. The van der Waals surface area contributed by atoms with E-state index in [0.717, 1.165) is 16.6 Å². The number of aromatic nitrogens is 1. The van der Waals surface area contributed by atoms with Crippen molar-refractivity contribution in [1.29, 1.82) is 0 Å². The Morgan fingerprint density at radius 3 is 2.88 bits per heavy atom. The Kier molecular flexibility index (Phi) is 2.11. The highest BCUT2D eigenvalue weighted by Gasteiger charge is 2.25. The first-order valence-electron chi connectivity index (χ1n) is 5.43. The second-order valence-corrected chi connectivity index (χ2v) is 3.97. The Morgan fingerprint density at radius 2 is 2.06 bits per heavy atom. The van der Waals surface area contributed by atoms with Crippen LogP contribution >= 0.6 is 0 Å². The Balaban J connectivity index is 2.06. The molecule has 1 fully saturated rings. The largest absolute Gasteiger partial charge is 0.361 e. The lowest BCUT2D eigenvalue weighted by molar-refractivity contribution is -0.120. The summed E-state index contributed by atoms with van der Waals surface area (Å²) in [6, 6.07) is 7.29. The number of aromatic amines is 1. The molecule has 1 aliphatic rings. The third-order valence-corrected chi connectivity index (χ3v) is 2.92. The lowest BCUT2D eigenvalue weighted by atomic mass is 10.2. The van der Waals surface area contributed by atoms with Crippen LogP contribution in [0, 0.1) is 0 Å². The van der Waals surface area contributed by atoms with Crippen LogP contribution in [-0.2, 0) is 4.79 Å². The fraction of sp³-hybridized carbons (Fsp3) is 0.167. The number of rotatable bonds is 1. The van der Waals surface area contributed by atoms with Gasteiger partial charge in [-0.05, 0) is 18.2 Å². The van der Waals surface area contributed by atoms with Gasteiger partial charge in [-0.15, -0.1) is 0 Å². The molecule has 0 bridgehead atoms. The summed E-state index contributed by atoms with van der Waals surface area (Å²) in [4.78, 5) is 27.5.